The van der Waals surface area contributed by atoms with Crippen molar-refractivity contribution in [3.63, 3.8) is 0 Å². The van der Waals surface area contributed by atoms with Gasteiger partial charge in [0.2, 0.25) is 17.7 Å². The molecule has 2 bridgehead atoms. The van der Waals surface area contributed by atoms with Crippen molar-refractivity contribution in [2.45, 2.75) is 62.3 Å². The first kappa shape index (κ1) is 27.6. The van der Waals surface area contributed by atoms with Crippen molar-refractivity contribution >= 4 is 58.2 Å². The molecule has 7 nitrogen and oxygen atoms in total. The topological polar surface area (TPSA) is 87.7 Å². The largest absolute Gasteiger partial charge is 0.359 e. The van der Waals surface area contributed by atoms with Crippen molar-refractivity contribution in [2.75, 3.05) is 11.9 Å². The highest BCUT2D eigenvalue weighted by atomic mass is 35.5. The van der Waals surface area contributed by atoms with Gasteiger partial charge in [0.25, 0.3) is 0 Å². The number of fused-ring (bicyclic) bond motifs is 1. The molecule has 6 rings (SSSR count). The second kappa shape index (κ2) is 11.0. The van der Waals surface area contributed by atoms with Gasteiger partial charge in [0.15, 0.2) is 0 Å². The smallest absolute Gasteiger partial charge is 0.246 e. The maximum Gasteiger partial charge on any atom is 0.246 e. The Morgan fingerprint density at radius 2 is 1.75 bits per heavy atom. The third-order valence-electron chi connectivity index (χ3n) is 8.64. The van der Waals surface area contributed by atoms with Gasteiger partial charge < -0.3 is 20.3 Å². The van der Waals surface area contributed by atoms with Crippen LogP contribution in [0.15, 0.2) is 54.6 Å². The van der Waals surface area contributed by atoms with E-state index < -0.39 is 29.6 Å². The summed E-state index contributed by atoms with van der Waals surface area (Å²) in [4.78, 5) is 43.3. The highest BCUT2D eigenvalue weighted by molar-refractivity contribution is 6.42. The Bertz CT molecular complexity index is 1380. The number of hydrogen-bond donors (Lipinski definition) is 2. The first-order chi connectivity index (χ1) is 19.3. The summed E-state index contributed by atoms with van der Waals surface area (Å²) < 4.78 is 6.43. The van der Waals surface area contributed by atoms with Gasteiger partial charge in [-0.15, -0.1) is 0 Å². The van der Waals surface area contributed by atoms with Crippen molar-refractivity contribution in [1.82, 2.24) is 10.2 Å². The number of benzene rings is 2. The van der Waals surface area contributed by atoms with Crippen LogP contribution in [-0.4, -0.2) is 53.0 Å². The van der Waals surface area contributed by atoms with E-state index in [-0.39, 0.29) is 30.3 Å². The van der Waals surface area contributed by atoms with E-state index >= 15 is 0 Å². The van der Waals surface area contributed by atoms with Gasteiger partial charge in [-0.1, -0.05) is 84.4 Å². The number of ether oxygens (including phenoxy) is 1. The number of rotatable bonds is 7. The SMILES string of the molecule is O=C(Nc1ccc(Cl)c(Cl)c1)C1C2C=CC3(O2)C1C(=O)N(CCc1ccccc1Cl)C3C(=O)NC1CCCCC1. The van der Waals surface area contributed by atoms with Crippen LogP contribution in [0, 0.1) is 11.8 Å². The number of carbonyl (C=O) groups is 3. The Hall–Kier alpha value is -2.58. The van der Waals surface area contributed by atoms with Crippen LogP contribution >= 0.6 is 34.8 Å². The molecule has 2 N–H and O–H groups in total. The fourth-order valence-electron chi connectivity index (χ4n) is 6.78. The quantitative estimate of drug-likeness (QED) is 0.414. The lowest BCUT2D eigenvalue weighted by Crippen LogP contribution is -2.56. The monoisotopic (exact) mass is 601 g/mol. The molecule has 1 spiro atoms. The molecule has 3 heterocycles. The molecule has 5 unspecified atom stereocenters. The Labute approximate surface area is 248 Å². The minimum atomic E-state index is -1.22. The van der Waals surface area contributed by atoms with Crippen LogP contribution in [0.4, 0.5) is 5.69 Å². The molecule has 2 aromatic rings. The van der Waals surface area contributed by atoms with Crippen LogP contribution in [0.3, 0.4) is 0 Å². The zero-order chi connectivity index (χ0) is 28.0. The van der Waals surface area contributed by atoms with Crippen LogP contribution in [-0.2, 0) is 25.5 Å². The minimum Gasteiger partial charge on any atom is -0.359 e. The average molecular weight is 603 g/mol. The molecule has 0 radical (unpaired) electrons. The number of anilines is 1. The average Bonchev–Trinajstić information content (AvgIpc) is 3.58. The Kier molecular flexibility index (Phi) is 7.59. The minimum absolute atomic E-state index is 0.0635. The van der Waals surface area contributed by atoms with E-state index in [4.69, 9.17) is 39.5 Å². The maximum absolute atomic E-state index is 14.1. The van der Waals surface area contributed by atoms with Crippen molar-refractivity contribution in [2.24, 2.45) is 11.8 Å². The summed E-state index contributed by atoms with van der Waals surface area (Å²) >= 11 is 18.6. The molecule has 5 atom stereocenters. The second-order valence-corrected chi connectivity index (χ2v) is 12.3. The fraction of sp³-hybridized carbons (Fsp3) is 0.433. The standard InChI is InChI=1S/C30H30Cl3N3O4/c31-20-9-5-4-6-17(20)13-15-36-26(28(38)34-18-7-2-1-3-8-18)30-14-12-23(40-30)24(25(30)29(36)39)27(37)35-19-10-11-21(32)22(33)16-19/h4-6,9-12,14,16,18,23-26H,1-3,7-8,13,15H2,(H,34,38)(H,35,37). The van der Waals surface area contributed by atoms with E-state index in [1.165, 1.54) is 0 Å². The Morgan fingerprint density at radius 1 is 0.975 bits per heavy atom. The number of halogens is 3. The molecule has 3 fully saturated rings. The number of carbonyl (C=O) groups excluding carboxylic acids is 3. The third kappa shape index (κ3) is 4.81. The maximum atomic E-state index is 14.1. The predicted octanol–water partition coefficient (Wildman–Crippen LogP) is 5.43. The molecule has 40 heavy (non-hydrogen) atoms. The van der Waals surface area contributed by atoms with Crippen LogP contribution in [0.25, 0.3) is 0 Å². The summed E-state index contributed by atoms with van der Waals surface area (Å²) in [5, 5.41) is 7.36. The summed E-state index contributed by atoms with van der Waals surface area (Å²) in [5.74, 6) is -2.51. The molecule has 3 amide bonds. The van der Waals surface area contributed by atoms with E-state index in [9.17, 15) is 14.4 Å². The lowest BCUT2D eigenvalue weighted by Gasteiger charge is -2.34. The highest BCUT2D eigenvalue weighted by Crippen LogP contribution is 2.55. The molecule has 1 saturated carbocycles. The van der Waals surface area contributed by atoms with E-state index in [1.807, 2.05) is 24.3 Å². The molecule has 3 aliphatic heterocycles. The van der Waals surface area contributed by atoms with Gasteiger partial charge in [-0.2, -0.15) is 0 Å². The van der Waals surface area contributed by atoms with Crippen molar-refractivity contribution in [1.29, 1.82) is 0 Å². The number of amides is 3. The molecule has 2 saturated heterocycles. The number of likely N-dealkylation sites (tertiary alicyclic amines) is 1. The van der Waals surface area contributed by atoms with Gasteiger partial charge in [0.05, 0.1) is 28.0 Å². The summed E-state index contributed by atoms with van der Waals surface area (Å²) in [6.45, 7) is 0.270. The molecule has 1 aliphatic carbocycles. The zero-order valence-electron chi connectivity index (χ0n) is 21.7. The first-order valence-corrected chi connectivity index (χ1v) is 14.9. The Balaban J connectivity index is 1.30. The zero-order valence-corrected chi connectivity index (χ0v) is 24.0. The summed E-state index contributed by atoms with van der Waals surface area (Å²) in [6, 6.07) is 11.4. The van der Waals surface area contributed by atoms with Crippen molar-refractivity contribution < 1.29 is 19.1 Å². The molecule has 2 aromatic carbocycles. The number of nitrogens with zero attached hydrogens (tertiary/aromatic N) is 1. The van der Waals surface area contributed by atoms with E-state index in [0.29, 0.717) is 27.2 Å². The highest BCUT2D eigenvalue weighted by Gasteiger charge is 2.72. The van der Waals surface area contributed by atoms with Gasteiger partial charge in [-0.25, -0.2) is 0 Å². The van der Waals surface area contributed by atoms with Crippen LogP contribution in [0.1, 0.15) is 37.7 Å². The second-order valence-electron chi connectivity index (χ2n) is 11.0. The molecule has 4 aliphatic rings. The molecule has 210 valence electrons. The lowest BCUT2D eigenvalue weighted by atomic mass is 9.74. The Morgan fingerprint density at radius 3 is 2.50 bits per heavy atom. The summed E-state index contributed by atoms with van der Waals surface area (Å²) in [5.41, 5.74) is 0.126. The van der Waals surface area contributed by atoms with E-state index in [1.54, 1.807) is 35.2 Å². The molecule has 10 heteroatoms. The summed E-state index contributed by atoms with van der Waals surface area (Å²) in [6.07, 6.45) is 8.59. The summed E-state index contributed by atoms with van der Waals surface area (Å²) in [7, 11) is 0. The van der Waals surface area contributed by atoms with E-state index in [0.717, 1.165) is 37.7 Å². The third-order valence-corrected chi connectivity index (χ3v) is 9.75. The van der Waals surface area contributed by atoms with Gasteiger partial charge in [-0.3, -0.25) is 14.4 Å². The lowest BCUT2D eigenvalue weighted by molar-refractivity contribution is -0.141. The number of nitrogens with one attached hydrogen (secondary N) is 2. The van der Waals surface area contributed by atoms with Crippen LogP contribution < -0.4 is 10.6 Å². The molecule has 0 aromatic heterocycles. The van der Waals surface area contributed by atoms with E-state index in [2.05, 4.69) is 10.6 Å². The molecular weight excluding hydrogens is 573 g/mol. The predicted molar refractivity (Wildman–Crippen MR) is 154 cm³/mol. The van der Waals surface area contributed by atoms with Gasteiger partial charge in [-0.05, 0) is 49.1 Å². The van der Waals surface area contributed by atoms with Gasteiger partial charge in [0.1, 0.15) is 11.6 Å². The van der Waals surface area contributed by atoms with Crippen molar-refractivity contribution in [3.05, 3.63) is 75.2 Å². The van der Waals surface area contributed by atoms with Gasteiger partial charge in [0, 0.05) is 23.3 Å². The number of hydrogen-bond acceptors (Lipinski definition) is 4. The first-order valence-electron chi connectivity index (χ1n) is 13.8. The normalized spacial score (nSPS) is 29.1. The van der Waals surface area contributed by atoms with Crippen LogP contribution in [0.2, 0.25) is 15.1 Å². The van der Waals surface area contributed by atoms with Crippen molar-refractivity contribution in [3.8, 4) is 0 Å². The molecular formula is C30H30Cl3N3O4. The van der Waals surface area contributed by atoms with Gasteiger partial charge >= 0.3 is 0 Å². The van der Waals surface area contributed by atoms with Crippen LogP contribution in [0.5, 0.6) is 0 Å². The fourth-order valence-corrected chi connectivity index (χ4v) is 7.30.